The van der Waals surface area contributed by atoms with Crippen LogP contribution in [-0.4, -0.2) is 47.4 Å². The first-order valence-corrected chi connectivity index (χ1v) is 11.8. The number of methoxy groups -OCH3 is 1. The molecule has 2 aromatic heterocycles. The topological polar surface area (TPSA) is 112 Å². The van der Waals surface area contributed by atoms with Crippen LogP contribution in [0, 0.1) is 11.6 Å². The summed E-state index contributed by atoms with van der Waals surface area (Å²) in [4.78, 5) is 21.0. The monoisotopic (exact) mass is 523 g/mol. The van der Waals surface area contributed by atoms with E-state index in [1.807, 2.05) is 0 Å². The molecule has 11 heteroatoms. The Morgan fingerprint density at radius 2 is 1.82 bits per heavy atom. The van der Waals surface area contributed by atoms with E-state index in [-0.39, 0.29) is 36.3 Å². The van der Waals surface area contributed by atoms with Gasteiger partial charge in [-0.25, -0.2) is 8.78 Å². The molecule has 0 bridgehead atoms. The summed E-state index contributed by atoms with van der Waals surface area (Å²) in [6.45, 7) is -0.200. The van der Waals surface area contributed by atoms with Crippen LogP contribution < -0.4 is 24.3 Å². The Kier molecular flexibility index (Phi) is 7.18. The van der Waals surface area contributed by atoms with Gasteiger partial charge in [0.15, 0.2) is 28.9 Å². The van der Waals surface area contributed by atoms with E-state index in [0.29, 0.717) is 28.2 Å². The SMILES string of the molecule is COc1cc2nccc(Oc3c(F)cc(NC(=O)c4cnccc4OC4CC4)cc3F)c2cc1OCCO. The summed E-state index contributed by atoms with van der Waals surface area (Å²) in [5.74, 6) is -2.22. The molecule has 2 N–H and O–H groups in total. The van der Waals surface area contributed by atoms with E-state index >= 15 is 8.78 Å². The first kappa shape index (κ1) is 25.2. The summed E-state index contributed by atoms with van der Waals surface area (Å²) in [6.07, 6.45) is 6.11. The van der Waals surface area contributed by atoms with Crippen LogP contribution in [0.2, 0.25) is 0 Å². The standard InChI is InChI=1S/C27H23F2N3O6/c1-35-24-13-21-17(12-25(24)36-9-8-33)22(5-7-31-21)38-26-19(28)10-15(11-20(26)29)32-27(34)18-14-30-6-4-23(18)37-16-2-3-16/h4-7,10-14,16,33H,2-3,8-9H2,1H3,(H,32,34). The molecular formula is C27H23F2N3O6. The second-order valence-corrected chi connectivity index (χ2v) is 8.42. The molecule has 9 nitrogen and oxygen atoms in total. The van der Waals surface area contributed by atoms with Crippen LogP contribution in [0.3, 0.4) is 0 Å². The van der Waals surface area contributed by atoms with Crippen LogP contribution in [0.5, 0.6) is 28.7 Å². The smallest absolute Gasteiger partial charge is 0.261 e. The molecule has 1 aliphatic rings. The van der Waals surface area contributed by atoms with Crippen molar-refractivity contribution in [3.8, 4) is 28.7 Å². The number of aliphatic hydroxyl groups is 1. The van der Waals surface area contributed by atoms with Gasteiger partial charge in [-0.15, -0.1) is 0 Å². The lowest BCUT2D eigenvalue weighted by molar-refractivity contribution is 0.102. The molecule has 5 rings (SSSR count). The molecule has 0 spiro atoms. The Morgan fingerprint density at radius 3 is 2.53 bits per heavy atom. The number of nitrogens with zero attached hydrogens (tertiary/aromatic N) is 2. The molecule has 2 aromatic carbocycles. The number of hydrogen-bond acceptors (Lipinski definition) is 8. The van der Waals surface area contributed by atoms with Crippen molar-refractivity contribution >= 4 is 22.5 Å². The lowest BCUT2D eigenvalue weighted by atomic mass is 10.1. The molecule has 2 heterocycles. The van der Waals surface area contributed by atoms with Crippen LogP contribution >= 0.6 is 0 Å². The van der Waals surface area contributed by atoms with Crippen molar-refractivity contribution in [3.05, 3.63) is 72.2 Å². The Bertz CT molecular complexity index is 1470. The van der Waals surface area contributed by atoms with Crippen molar-refractivity contribution in [1.29, 1.82) is 0 Å². The highest BCUT2D eigenvalue weighted by atomic mass is 19.1. The molecule has 1 amide bonds. The van der Waals surface area contributed by atoms with Crippen LogP contribution in [0.4, 0.5) is 14.5 Å². The number of pyridine rings is 2. The van der Waals surface area contributed by atoms with Crippen LogP contribution in [0.1, 0.15) is 23.2 Å². The third kappa shape index (κ3) is 5.42. The van der Waals surface area contributed by atoms with E-state index < -0.39 is 23.3 Å². The Labute approximate surface area is 216 Å². The summed E-state index contributed by atoms with van der Waals surface area (Å²) >= 11 is 0. The molecular weight excluding hydrogens is 500 g/mol. The molecule has 0 radical (unpaired) electrons. The maximum atomic E-state index is 15.0. The van der Waals surface area contributed by atoms with Crippen molar-refractivity contribution in [2.75, 3.05) is 25.6 Å². The van der Waals surface area contributed by atoms with Gasteiger partial charge in [0.2, 0.25) is 0 Å². The summed E-state index contributed by atoms with van der Waals surface area (Å²) in [5.41, 5.74) is 0.474. The molecule has 0 atom stereocenters. The van der Waals surface area contributed by atoms with Crippen LogP contribution in [-0.2, 0) is 0 Å². The second kappa shape index (κ2) is 10.9. The van der Waals surface area contributed by atoms with Crippen molar-refractivity contribution in [1.82, 2.24) is 9.97 Å². The molecule has 0 saturated heterocycles. The van der Waals surface area contributed by atoms with Gasteiger partial charge in [0.1, 0.15) is 18.1 Å². The highest BCUT2D eigenvalue weighted by Gasteiger charge is 2.26. The van der Waals surface area contributed by atoms with E-state index in [4.69, 9.17) is 24.1 Å². The first-order chi connectivity index (χ1) is 18.5. The number of rotatable bonds is 10. The van der Waals surface area contributed by atoms with Crippen LogP contribution in [0.25, 0.3) is 10.9 Å². The fourth-order valence-electron chi connectivity index (χ4n) is 3.70. The maximum absolute atomic E-state index is 15.0. The van der Waals surface area contributed by atoms with Gasteiger partial charge in [-0.2, -0.15) is 0 Å². The third-order valence-electron chi connectivity index (χ3n) is 5.65. The maximum Gasteiger partial charge on any atom is 0.261 e. The third-order valence-corrected chi connectivity index (χ3v) is 5.65. The first-order valence-electron chi connectivity index (χ1n) is 11.8. The summed E-state index contributed by atoms with van der Waals surface area (Å²) < 4.78 is 52.2. The number of benzene rings is 2. The number of aromatic nitrogens is 2. The number of ether oxygens (including phenoxy) is 4. The minimum absolute atomic E-state index is 0.0159. The summed E-state index contributed by atoms with van der Waals surface area (Å²) in [7, 11) is 1.45. The normalized spacial score (nSPS) is 12.7. The van der Waals surface area contributed by atoms with E-state index in [1.165, 1.54) is 31.8 Å². The fraction of sp³-hybridized carbons (Fsp3) is 0.222. The number of halogens is 2. The zero-order valence-electron chi connectivity index (χ0n) is 20.2. The van der Waals surface area contributed by atoms with Crippen molar-refractivity contribution in [2.24, 2.45) is 0 Å². The second-order valence-electron chi connectivity index (χ2n) is 8.42. The van der Waals surface area contributed by atoms with Gasteiger partial charge < -0.3 is 29.4 Å². The van der Waals surface area contributed by atoms with Gasteiger partial charge in [-0.1, -0.05) is 0 Å². The highest BCUT2D eigenvalue weighted by molar-refractivity contribution is 6.06. The summed E-state index contributed by atoms with van der Waals surface area (Å²) in [6, 6.07) is 8.06. The zero-order chi connectivity index (χ0) is 26.6. The number of carbonyl (C=O) groups is 1. The quantitative estimate of drug-likeness (QED) is 0.303. The van der Waals surface area contributed by atoms with E-state index in [0.717, 1.165) is 25.0 Å². The largest absolute Gasteiger partial charge is 0.493 e. The molecule has 38 heavy (non-hydrogen) atoms. The molecule has 1 fully saturated rings. The predicted octanol–water partition coefficient (Wildman–Crippen LogP) is 4.87. The lowest BCUT2D eigenvalue weighted by Crippen LogP contribution is -2.15. The molecule has 196 valence electrons. The van der Waals surface area contributed by atoms with Gasteiger partial charge in [0.25, 0.3) is 5.91 Å². The number of anilines is 1. The van der Waals surface area contributed by atoms with Gasteiger partial charge in [0.05, 0.1) is 30.9 Å². The number of fused-ring (bicyclic) bond motifs is 1. The average Bonchev–Trinajstić information content (AvgIpc) is 3.73. The lowest BCUT2D eigenvalue weighted by Gasteiger charge is -2.15. The van der Waals surface area contributed by atoms with Gasteiger partial charge in [-0.05, 0) is 31.0 Å². The van der Waals surface area contributed by atoms with E-state index in [1.54, 1.807) is 18.2 Å². The molecule has 0 aliphatic heterocycles. The molecule has 1 saturated carbocycles. The highest BCUT2D eigenvalue weighted by Crippen LogP contribution is 2.39. The minimum atomic E-state index is -1.03. The van der Waals surface area contributed by atoms with E-state index in [9.17, 15) is 4.79 Å². The Balaban J connectivity index is 1.40. The van der Waals surface area contributed by atoms with Gasteiger partial charge in [0, 0.05) is 47.9 Å². The summed E-state index contributed by atoms with van der Waals surface area (Å²) in [5, 5.41) is 12.0. The van der Waals surface area contributed by atoms with Gasteiger partial charge >= 0.3 is 0 Å². The van der Waals surface area contributed by atoms with Crippen molar-refractivity contribution < 1.29 is 37.6 Å². The van der Waals surface area contributed by atoms with Crippen LogP contribution in [0.15, 0.2) is 55.0 Å². The number of carbonyl (C=O) groups excluding carboxylic acids is 1. The van der Waals surface area contributed by atoms with Crippen molar-refractivity contribution in [2.45, 2.75) is 18.9 Å². The minimum Gasteiger partial charge on any atom is -0.493 e. The molecule has 0 unspecified atom stereocenters. The Hall–Kier alpha value is -4.51. The number of amides is 1. The number of aliphatic hydroxyl groups excluding tert-OH is 1. The predicted molar refractivity (Wildman–Crippen MR) is 133 cm³/mol. The fourth-order valence-corrected chi connectivity index (χ4v) is 3.70. The van der Waals surface area contributed by atoms with Crippen molar-refractivity contribution in [3.63, 3.8) is 0 Å². The number of hydrogen-bond donors (Lipinski definition) is 2. The Morgan fingerprint density at radius 1 is 1.05 bits per heavy atom. The van der Waals surface area contributed by atoms with E-state index in [2.05, 4.69) is 15.3 Å². The molecule has 4 aromatic rings. The van der Waals surface area contributed by atoms with Gasteiger partial charge in [-0.3, -0.25) is 14.8 Å². The molecule has 1 aliphatic carbocycles. The zero-order valence-corrected chi connectivity index (χ0v) is 20.2. The number of nitrogens with one attached hydrogen (secondary N) is 1. The average molecular weight is 523 g/mol.